The standard InChI is InChI=1S/CH4.3ClH.Ti/h1H4;3*1H;. The van der Waals surface area contributed by atoms with E-state index in [1.807, 2.05) is 0 Å². The number of rotatable bonds is 0. The largest absolute Gasteiger partial charge is 0.147 e. The van der Waals surface area contributed by atoms with Crippen molar-refractivity contribution in [3.05, 3.63) is 0 Å². The number of halogens is 3. The molecule has 0 N–H and O–H groups in total. The summed E-state index contributed by atoms with van der Waals surface area (Å²) in [5.41, 5.74) is 0. The fourth-order valence-corrected chi connectivity index (χ4v) is 0. The van der Waals surface area contributed by atoms with Crippen molar-refractivity contribution in [2.45, 2.75) is 7.43 Å². The van der Waals surface area contributed by atoms with Crippen molar-refractivity contribution in [1.29, 1.82) is 0 Å². The third-order valence-electron chi connectivity index (χ3n) is 0. The van der Waals surface area contributed by atoms with Crippen LogP contribution in [0.1, 0.15) is 7.43 Å². The molecule has 0 amide bonds. The van der Waals surface area contributed by atoms with Crippen molar-refractivity contribution >= 4 is 37.2 Å². The minimum absolute atomic E-state index is 0. The smallest absolute Gasteiger partial charge is 0 e. The summed E-state index contributed by atoms with van der Waals surface area (Å²) in [6, 6.07) is 0. The molecular formula is CH7Cl3Ti. The van der Waals surface area contributed by atoms with E-state index in [4.69, 9.17) is 0 Å². The topological polar surface area (TPSA) is 0 Å². The first-order valence-corrected chi connectivity index (χ1v) is 0. The van der Waals surface area contributed by atoms with Crippen LogP contribution in [0.15, 0.2) is 0 Å². The van der Waals surface area contributed by atoms with Crippen molar-refractivity contribution in [3.63, 3.8) is 0 Å². The molecule has 0 aliphatic rings. The van der Waals surface area contributed by atoms with Gasteiger partial charge in [-0.15, -0.1) is 37.2 Å². The van der Waals surface area contributed by atoms with E-state index in [0.717, 1.165) is 0 Å². The van der Waals surface area contributed by atoms with Crippen molar-refractivity contribution in [2.24, 2.45) is 0 Å². The minimum Gasteiger partial charge on any atom is -0.147 e. The molecule has 0 rings (SSSR count). The molecular weight excluding hydrogens is 166 g/mol. The average Bonchev–Trinajstić information content (AvgIpc) is 0. The van der Waals surface area contributed by atoms with Crippen LogP contribution in [0.3, 0.4) is 0 Å². The molecule has 0 atom stereocenters. The van der Waals surface area contributed by atoms with E-state index in [0.29, 0.717) is 0 Å². The van der Waals surface area contributed by atoms with Gasteiger partial charge >= 0.3 is 0 Å². The average molecular weight is 173 g/mol. The van der Waals surface area contributed by atoms with Crippen LogP contribution in [0.25, 0.3) is 0 Å². The van der Waals surface area contributed by atoms with Gasteiger partial charge in [0.25, 0.3) is 0 Å². The van der Waals surface area contributed by atoms with Crippen LogP contribution in [0.4, 0.5) is 0 Å². The molecule has 0 aliphatic heterocycles. The molecule has 0 saturated heterocycles. The molecule has 0 heterocycles. The maximum atomic E-state index is 0. The van der Waals surface area contributed by atoms with E-state index in [9.17, 15) is 0 Å². The summed E-state index contributed by atoms with van der Waals surface area (Å²) < 4.78 is 0. The molecule has 0 radical (unpaired) electrons. The van der Waals surface area contributed by atoms with Gasteiger partial charge in [0.15, 0.2) is 0 Å². The van der Waals surface area contributed by atoms with Crippen LogP contribution >= 0.6 is 37.2 Å². The minimum atomic E-state index is 0. The van der Waals surface area contributed by atoms with Gasteiger partial charge in [-0.1, -0.05) is 7.43 Å². The molecule has 0 aromatic carbocycles. The van der Waals surface area contributed by atoms with Crippen molar-refractivity contribution < 1.29 is 21.7 Å². The molecule has 0 saturated carbocycles. The van der Waals surface area contributed by atoms with Gasteiger partial charge < -0.3 is 0 Å². The Balaban J connectivity index is 0. The zero-order valence-electron chi connectivity index (χ0n) is 1.72. The van der Waals surface area contributed by atoms with Gasteiger partial charge in [-0.2, -0.15) is 0 Å². The fourth-order valence-electron chi connectivity index (χ4n) is 0. The number of hydrogen-bond donors (Lipinski definition) is 0. The molecule has 0 aliphatic carbocycles. The molecule has 0 fully saturated rings. The summed E-state index contributed by atoms with van der Waals surface area (Å²) in [5, 5.41) is 0. The van der Waals surface area contributed by atoms with Crippen LogP contribution in [-0.2, 0) is 21.7 Å². The summed E-state index contributed by atoms with van der Waals surface area (Å²) >= 11 is 0. The quantitative estimate of drug-likeness (QED) is 0.491. The van der Waals surface area contributed by atoms with Crippen LogP contribution in [0, 0.1) is 0 Å². The zero-order chi connectivity index (χ0) is 0. The van der Waals surface area contributed by atoms with E-state index in [1.165, 1.54) is 0 Å². The van der Waals surface area contributed by atoms with Gasteiger partial charge in [0.2, 0.25) is 0 Å². The zero-order valence-corrected chi connectivity index (χ0v) is 5.74. The maximum absolute atomic E-state index is 0. The third-order valence-corrected chi connectivity index (χ3v) is 0. The maximum Gasteiger partial charge on any atom is 0 e. The van der Waals surface area contributed by atoms with Gasteiger partial charge in [-0.25, -0.2) is 0 Å². The predicted molar refractivity (Wildman–Crippen MR) is 28.5 cm³/mol. The number of hydrogen-bond acceptors (Lipinski definition) is 0. The van der Waals surface area contributed by atoms with E-state index in [1.54, 1.807) is 0 Å². The van der Waals surface area contributed by atoms with Crippen LogP contribution < -0.4 is 0 Å². The Hall–Kier alpha value is 1.58. The summed E-state index contributed by atoms with van der Waals surface area (Å²) in [7, 11) is 0. The molecule has 0 nitrogen and oxygen atoms in total. The second kappa shape index (κ2) is 46.8. The second-order valence-electron chi connectivity index (χ2n) is 0. The van der Waals surface area contributed by atoms with Crippen molar-refractivity contribution in [1.82, 2.24) is 0 Å². The molecule has 0 unspecified atom stereocenters. The first-order valence-electron chi connectivity index (χ1n) is 0. The first kappa shape index (κ1) is 81.8. The Labute approximate surface area is 66.2 Å². The normalized spacial score (nSPS) is 0. The Bertz CT molecular complexity index is 6.85. The van der Waals surface area contributed by atoms with Crippen molar-refractivity contribution in [3.8, 4) is 0 Å². The predicted octanol–water partition coefficient (Wildman–Crippen LogP) is 1.90. The Morgan fingerprint density at radius 1 is 0.600 bits per heavy atom. The summed E-state index contributed by atoms with van der Waals surface area (Å²) in [6.45, 7) is 0. The van der Waals surface area contributed by atoms with Gasteiger partial charge in [-0.05, 0) is 0 Å². The monoisotopic (exact) mass is 172 g/mol. The summed E-state index contributed by atoms with van der Waals surface area (Å²) in [5.74, 6) is 0. The fraction of sp³-hybridized carbons (Fsp3) is 1.00. The Morgan fingerprint density at radius 2 is 0.600 bits per heavy atom. The molecule has 4 heteroatoms. The summed E-state index contributed by atoms with van der Waals surface area (Å²) in [4.78, 5) is 0. The van der Waals surface area contributed by atoms with E-state index in [2.05, 4.69) is 0 Å². The van der Waals surface area contributed by atoms with Gasteiger partial charge in [0, 0.05) is 21.7 Å². The molecule has 0 spiro atoms. The molecule has 0 aromatic heterocycles. The van der Waals surface area contributed by atoms with E-state index >= 15 is 0 Å². The van der Waals surface area contributed by atoms with Crippen LogP contribution in [0.5, 0.6) is 0 Å². The van der Waals surface area contributed by atoms with E-state index in [-0.39, 0.29) is 66.4 Å². The molecule has 0 aromatic rings. The van der Waals surface area contributed by atoms with E-state index < -0.39 is 0 Å². The van der Waals surface area contributed by atoms with Crippen LogP contribution in [-0.4, -0.2) is 0 Å². The molecule has 5 heavy (non-hydrogen) atoms. The SMILES string of the molecule is C.Cl.Cl.Cl.[Ti]. The van der Waals surface area contributed by atoms with Gasteiger partial charge in [0.1, 0.15) is 0 Å². The van der Waals surface area contributed by atoms with Gasteiger partial charge in [0.05, 0.1) is 0 Å². The Kier molecular flexibility index (Phi) is 765. The third kappa shape index (κ3) is 28.6. The van der Waals surface area contributed by atoms with Crippen molar-refractivity contribution in [2.75, 3.05) is 0 Å². The Morgan fingerprint density at radius 3 is 0.600 bits per heavy atom. The first-order chi connectivity index (χ1) is 0. The molecule has 36 valence electrons. The second-order valence-corrected chi connectivity index (χ2v) is 0. The molecule has 0 bridgehead atoms. The van der Waals surface area contributed by atoms with Gasteiger partial charge in [-0.3, -0.25) is 0 Å². The van der Waals surface area contributed by atoms with Crippen LogP contribution in [0.2, 0.25) is 0 Å². The summed E-state index contributed by atoms with van der Waals surface area (Å²) in [6.07, 6.45) is 0.